The first kappa shape index (κ1) is 9.43. The number of hydrogen-bond donors (Lipinski definition) is 2. The zero-order valence-electron chi connectivity index (χ0n) is 6.90. The minimum absolute atomic E-state index is 0.0495. The summed E-state index contributed by atoms with van der Waals surface area (Å²) >= 11 is 0. The number of amides is 1. The van der Waals surface area contributed by atoms with Gasteiger partial charge in [0.1, 0.15) is 0 Å². The van der Waals surface area contributed by atoms with E-state index in [-0.39, 0.29) is 11.8 Å². The van der Waals surface area contributed by atoms with Crippen molar-refractivity contribution in [1.82, 2.24) is 10.9 Å². The number of carbonyl (C=O) groups is 1. The Balaban J connectivity index is 3.22. The van der Waals surface area contributed by atoms with Crippen molar-refractivity contribution in [2.24, 2.45) is 5.92 Å². The van der Waals surface area contributed by atoms with Gasteiger partial charge in [-0.05, 0) is 6.42 Å². The first-order valence-corrected chi connectivity index (χ1v) is 3.71. The molecule has 0 fully saturated rings. The van der Waals surface area contributed by atoms with E-state index < -0.39 is 0 Å². The highest BCUT2D eigenvalue weighted by Gasteiger charge is 2.03. The van der Waals surface area contributed by atoms with Crippen LogP contribution in [0.15, 0.2) is 0 Å². The van der Waals surface area contributed by atoms with Crippen LogP contribution in [-0.4, -0.2) is 12.5 Å². The molecule has 3 nitrogen and oxygen atoms in total. The van der Waals surface area contributed by atoms with Crippen LogP contribution in [0.2, 0.25) is 0 Å². The highest BCUT2D eigenvalue weighted by molar-refractivity contribution is 5.77. The Hall–Kier alpha value is -0.570. The summed E-state index contributed by atoms with van der Waals surface area (Å²) in [5.74, 6) is 0.109. The molecule has 0 unspecified atom stereocenters. The number of hydrazine groups is 1. The van der Waals surface area contributed by atoms with Crippen LogP contribution in [0.1, 0.15) is 27.2 Å². The molecule has 2 N–H and O–H groups in total. The standard InChI is InChI=1S/C7H16N2O/c1-4-5-8-9-7(10)6(2)3/h6,8H,4-5H2,1-3H3,(H,9,10). The maximum atomic E-state index is 10.8. The summed E-state index contributed by atoms with van der Waals surface area (Å²) in [6.45, 7) is 6.61. The van der Waals surface area contributed by atoms with Crippen LogP contribution in [-0.2, 0) is 4.79 Å². The van der Waals surface area contributed by atoms with Gasteiger partial charge in [0, 0.05) is 12.5 Å². The van der Waals surface area contributed by atoms with E-state index in [0.29, 0.717) is 0 Å². The fourth-order valence-corrected chi connectivity index (χ4v) is 0.419. The predicted octanol–water partition coefficient (Wildman–Crippen LogP) is 0.673. The topological polar surface area (TPSA) is 41.1 Å². The van der Waals surface area contributed by atoms with Crippen LogP contribution in [0.4, 0.5) is 0 Å². The lowest BCUT2D eigenvalue weighted by molar-refractivity contribution is -0.124. The molecule has 0 radical (unpaired) electrons. The van der Waals surface area contributed by atoms with Gasteiger partial charge in [0.2, 0.25) is 5.91 Å². The molecular formula is C7H16N2O. The Labute approximate surface area is 62.2 Å². The fraction of sp³-hybridized carbons (Fsp3) is 0.857. The number of hydrogen-bond acceptors (Lipinski definition) is 2. The van der Waals surface area contributed by atoms with Crippen molar-refractivity contribution >= 4 is 5.91 Å². The smallest absolute Gasteiger partial charge is 0.236 e. The van der Waals surface area contributed by atoms with E-state index in [9.17, 15) is 4.79 Å². The first-order valence-electron chi connectivity index (χ1n) is 3.71. The Morgan fingerprint density at radius 1 is 1.50 bits per heavy atom. The van der Waals surface area contributed by atoms with Crippen molar-refractivity contribution in [3.63, 3.8) is 0 Å². The van der Waals surface area contributed by atoms with E-state index in [1.165, 1.54) is 0 Å². The molecule has 0 aromatic carbocycles. The second kappa shape index (κ2) is 5.23. The van der Waals surface area contributed by atoms with Crippen LogP contribution in [0.25, 0.3) is 0 Å². The number of rotatable bonds is 4. The average molecular weight is 144 g/mol. The predicted molar refractivity (Wildman–Crippen MR) is 41.3 cm³/mol. The zero-order valence-corrected chi connectivity index (χ0v) is 6.90. The summed E-state index contributed by atoms with van der Waals surface area (Å²) in [6, 6.07) is 0. The molecule has 0 spiro atoms. The second-order valence-corrected chi connectivity index (χ2v) is 2.57. The molecule has 0 saturated heterocycles. The van der Waals surface area contributed by atoms with Crippen LogP contribution in [0, 0.1) is 5.92 Å². The number of nitrogens with one attached hydrogen (secondary N) is 2. The summed E-state index contributed by atoms with van der Waals surface area (Å²) in [5, 5.41) is 0. The van der Waals surface area contributed by atoms with Gasteiger partial charge in [0.15, 0.2) is 0 Å². The molecule has 0 aromatic rings. The molecule has 0 aromatic heterocycles. The van der Waals surface area contributed by atoms with Gasteiger partial charge in [-0.15, -0.1) is 0 Å². The maximum absolute atomic E-state index is 10.8. The Bertz CT molecular complexity index is 102. The van der Waals surface area contributed by atoms with Gasteiger partial charge in [0.05, 0.1) is 0 Å². The van der Waals surface area contributed by atoms with Crippen molar-refractivity contribution in [2.75, 3.05) is 6.54 Å². The van der Waals surface area contributed by atoms with Crippen LogP contribution < -0.4 is 10.9 Å². The highest BCUT2D eigenvalue weighted by Crippen LogP contribution is 1.87. The maximum Gasteiger partial charge on any atom is 0.236 e. The Morgan fingerprint density at radius 3 is 2.50 bits per heavy atom. The molecule has 0 aliphatic carbocycles. The lowest BCUT2D eigenvalue weighted by atomic mass is 10.2. The lowest BCUT2D eigenvalue weighted by Crippen LogP contribution is -2.40. The molecule has 0 saturated carbocycles. The van der Waals surface area contributed by atoms with E-state index in [1.807, 2.05) is 13.8 Å². The Kier molecular flexibility index (Phi) is 4.94. The molecule has 0 heterocycles. The summed E-state index contributed by atoms with van der Waals surface area (Å²) < 4.78 is 0. The largest absolute Gasteiger partial charge is 0.291 e. The SMILES string of the molecule is CCCNNC(=O)C(C)C. The minimum atomic E-state index is 0.0495. The molecule has 1 amide bonds. The quantitative estimate of drug-likeness (QED) is 0.450. The van der Waals surface area contributed by atoms with Gasteiger partial charge in [-0.2, -0.15) is 0 Å². The van der Waals surface area contributed by atoms with Crippen LogP contribution >= 0.6 is 0 Å². The van der Waals surface area contributed by atoms with Gasteiger partial charge < -0.3 is 0 Å². The first-order chi connectivity index (χ1) is 4.68. The molecular weight excluding hydrogens is 128 g/mol. The van der Waals surface area contributed by atoms with Gasteiger partial charge in [0.25, 0.3) is 0 Å². The van der Waals surface area contributed by atoms with Crippen molar-refractivity contribution in [3.05, 3.63) is 0 Å². The van der Waals surface area contributed by atoms with Gasteiger partial charge in [-0.25, -0.2) is 5.43 Å². The molecule has 0 bridgehead atoms. The van der Waals surface area contributed by atoms with E-state index in [2.05, 4.69) is 17.8 Å². The third-order valence-corrected chi connectivity index (χ3v) is 1.11. The molecule has 0 aliphatic rings. The van der Waals surface area contributed by atoms with E-state index in [4.69, 9.17) is 0 Å². The summed E-state index contributed by atoms with van der Waals surface area (Å²) in [4.78, 5) is 10.8. The molecule has 0 rings (SSSR count). The third kappa shape index (κ3) is 4.32. The summed E-state index contributed by atoms with van der Waals surface area (Å²) in [5.41, 5.74) is 5.41. The molecule has 10 heavy (non-hydrogen) atoms. The summed E-state index contributed by atoms with van der Waals surface area (Å²) in [7, 11) is 0. The van der Waals surface area contributed by atoms with Crippen LogP contribution in [0.3, 0.4) is 0 Å². The highest BCUT2D eigenvalue weighted by atomic mass is 16.2. The van der Waals surface area contributed by atoms with Crippen molar-refractivity contribution in [1.29, 1.82) is 0 Å². The van der Waals surface area contributed by atoms with Crippen molar-refractivity contribution < 1.29 is 4.79 Å². The zero-order chi connectivity index (χ0) is 7.98. The number of carbonyl (C=O) groups excluding carboxylic acids is 1. The normalized spacial score (nSPS) is 10.0. The van der Waals surface area contributed by atoms with Gasteiger partial charge in [-0.1, -0.05) is 20.8 Å². The average Bonchev–Trinajstić information content (AvgIpc) is 1.88. The lowest BCUT2D eigenvalue weighted by Gasteiger charge is -2.07. The molecule has 60 valence electrons. The molecule has 0 atom stereocenters. The summed E-state index contributed by atoms with van der Waals surface area (Å²) in [6.07, 6.45) is 1.03. The fourth-order valence-electron chi connectivity index (χ4n) is 0.419. The molecule has 0 aliphatic heterocycles. The van der Waals surface area contributed by atoms with Crippen molar-refractivity contribution in [3.8, 4) is 0 Å². The third-order valence-electron chi connectivity index (χ3n) is 1.11. The monoisotopic (exact) mass is 144 g/mol. The van der Waals surface area contributed by atoms with Crippen molar-refractivity contribution in [2.45, 2.75) is 27.2 Å². The van der Waals surface area contributed by atoms with E-state index >= 15 is 0 Å². The minimum Gasteiger partial charge on any atom is -0.291 e. The van der Waals surface area contributed by atoms with E-state index in [1.54, 1.807) is 0 Å². The van der Waals surface area contributed by atoms with E-state index in [0.717, 1.165) is 13.0 Å². The van der Waals surface area contributed by atoms with Gasteiger partial charge in [-0.3, -0.25) is 10.2 Å². The van der Waals surface area contributed by atoms with Gasteiger partial charge >= 0.3 is 0 Å². The molecule has 3 heteroatoms. The van der Waals surface area contributed by atoms with Crippen LogP contribution in [0.5, 0.6) is 0 Å². The second-order valence-electron chi connectivity index (χ2n) is 2.57. The Morgan fingerprint density at radius 2 is 2.10 bits per heavy atom.